The first kappa shape index (κ1) is 22.7. The van der Waals surface area contributed by atoms with Gasteiger partial charge in [0.1, 0.15) is 0 Å². The van der Waals surface area contributed by atoms with Crippen LogP contribution in [0.5, 0.6) is 0 Å². The van der Waals surface area contributed by atoms with Crippen LogP contribution < -0.4 is 5.43 Å². The number of nitrogens with zero attached hydrogens (tertiary/aromatic N) is 3. The summed E-state index contributed by atoms with van der Waals surface area (Å²) in [5.74, 6) is -0.267. The number of pyridine rings is 1. The van der Waals surface area contributed by atoms with E-state index in [4.69, 9.17) is 21.4 Å². The zero-order valence-corrected chi connectivity index (χ0v) is 18.7. The third kappa shape index (κ3) is 4.14. The van der Waals surface area contributed by atoms with Gasteiger partial charge in [0, 0.05) is 5.02 Å². The summed E-state index contributed by atoms with van der Waals surface area (Å²) in [7, 11) is 0. The van der Waals surface area contributed by atoms with Gasteiger partial charge in [0.2, 0.25) is 0 Å². The van der Waals surface area contributed by atoms with Crippen LogP contribution in [0.25, 0.3) is 10.9 Å². The molecule has 0 saturated carbocycles. The van der Waals surface area contributed by atoms with Crippen LogP contribution in [0.4, 0.5) is 13.2 Å². The molecule has 2 aliphatic rings. The minimum absolute atomic E-state index is 0.267. The molecule has 0 bridgehead atoms. The van der Waals surface area contributed by atoms with Crippen LogP contribution in [-0.4, -0.2) is 47.0 Å². The molecule has 10 heteroatoms. The second-order valence-electron chi connectivity index (χ2n) is 8.46. The largest absolute Gasteiger partial charge is 0.428 e. The van der Waals surface area contributed by atoms with Gasteiger partial charge in [0.25, 0.3) is 0 Å². The molecule has 2 aromatic carbocycles. The molecule has 1 aliphatic carbocycles. The predicted octanol–water partition coefficient (Wildman–Crippen LogP) is 4.68. The third-order valence-electron chi connectivity index (χ3n) is 6.33. The fraction of sp³-hybridized carbons (Fsp3) is 0.333. The van der Waals surface area contributed by atoms with E-state index in [-0.39, 0.29) is 23.2 Å². The van der Waals surface area contributed by atoms with Gasteiger partial charge >= 0.3 is 6.18 Å². The standard InChI is InChI=1S/C24H21ClF3N3O3/c25-17-5-6-20-18(13-17)23(32)22-19(29-30-7-9-34-10-8-30)11-15(12-21(22)31(20)33)14-1-3-16(4-2-14)24(26,27)28/h1-6,13,15,33H,7-12H2/b29-19-. The molecular weight excluding hydrogens is 471 g/mol. The third-order valence-corrected chi connectivity index (χ3v) is 6.56. The van der Waals surface area contributed by atoms with Gasteiger partial charge in [0.05, 0.1) is 59.7 Å². The summed E-state index contributed by atoms with van der Waals surface area (Å²) in [6.07, 6.45) is -3.81. The Hall–Kier alpha value is -3.04. The molecule has 1 saturated heterocycles. The van der Waals surface area contributed by atoms with E-state index in [1.54, 1.807) is 12.1 Å². The van der Waals surface area contributed by atoms with E-state index in [0.717, 1.165) is 16.9 Å². The van der Waals surface area contributed by atoms with E-state index >= 15 is 0 Å². The Morgan fingerprint density at radius 1 is 1.06 bits per heavy atom. The van der Waals surface area contributed by atoms with Crippen LogP contribution in [0.1, 0.15) is 34.7 Å². The Morgan fingerprint density at radius 3 is 2.44 bits per heavy atom. The molecule has 1 aliphatic heterocycles. The first-order chi connectivity index (χ1) is 16.2. The van der Waals surface area contributed by atoms with Gasteiger partial charge < -0.3 is 9.94 Å². The van der Waals surface area contributed by atoms with Gasteiger partial charge in [-0.15, -0.1) is 0 Å². The van der Waals surface area contributed by atoms with Gasteiger partial charge in [-0.3, -0.25) is 9.80 Å². The first-order valence-corrected chi connectivity index (χ1v) is 11.2. The van der Waals surface area contributed by atoms with Gasteiger partial charge in [-0.05, 0) is 54.7 Å². The zero-order chi connectivity index (χ0) is 24.0. The van der Waals surface area contributed by atoms with Crippen molar-refractivity contribution in [2.45, 2.75) is 24.9 Å². The summed E-state index contributed by atoms with van der Waals surface area (Å²) in [6, 6.07) is 9.68. The Labute approximate surface area is 197 Å². The molecule has 1 fully saturated rings. The molecule has 0 radical (unpaired) electrons. The summed E-state index contributed by atoms with van der Waals surface area (Å²) in [4.78, 5) is 13.5. The minimum Gasteiger partial charge on any atom is -0.428 e. The normalized spacial score (nSPS) is 20.1. The fourth-order valence-corrected chi connectivity index (χ4v) is 4.79. The van der Waals surface area contributed by atoms with Gasteiger partial charge in [0.15, 0.2) is 5.43 Å². The molecule has 3 aromatic rings. The molecule has 5 rings (SSSR count). The van der Waals surface area contributed by atoms with E-state index in [1.165, 1.54) is 18.2 Å². The zero-order valence-electron chi connectivity index (χ0n) is 18.0. The molecule has 1 N–H and O–H groups in total. The number of hydrogen-bond donors (Lipinski definition) is 1. The number of aromatic nitrogens is 1. The van der Waals surface area contributed by atoms with Crippen LogP contribution in [0.15, 0.2) is 52.4 Å². The van der Waals surface area contributed by atoms with Crippen molar-refractivity contribution in [3.05, 3.63) is 80.1 Å². The maximum absolute atomic E-state index is 13.5. The van der Waals surface area contributed by atoms with Crippen LogP contribution >= 0.6 is 11.6 Å². The topological polar surface area (TPSA) is 67.1 Å². The number of hydrogen-bond acceptors (Lipinski definition) is 5. The SMILES string of the molecule is O=c1c2c(n(O)c3ccc(Cl)cc13)CC(c1ccc(C(F)(F)F)cc1)C/C2=N/N1CCOCC1. The monoisotopic (exact) mass is 491 g/mol. The highest BCUT2D eigenvalue weighted by molar-refractivity contribution is 6.31. The van der Waals surface area contributed by atoms with Crippen molar-refractivity contribution in [2.75, 3.05) is 26.3 Å². The Kier molecular flexibility index (Phi) is 5.77. The predicted molar refractivity (Wildman–Crippen MR) is 122 cm³/mol. The number of hydrazone groups is 1. The highest BCUT2D eigenvalue weighted by Gasteiger charge is 2.33. The van der Waals surface area contributed by atoms with E-state index in [2.05, 4.69) is 0 Å². The molecule has 1 aromatic heterocycles. The van der Waals surface area contributed by atoms with E-state index in [9.17, 15) is 23.2 Å². The van der Waals surface area contributed by atoms with Crippen molar-refractivity contribution in [3.63, 3.8) is 0 Å². The number of rotatable bonds is 2. The molecular formula is C24H21ClF3N3O3. The lowest BCUT2D eigenvalue weighted by molar-refractivity contribution is -0.137. The van der Waals surface area contributed by atoms with E-state index < -0.39 is 11.7 Å². The second kappa shape index (κ2) is 8.63. The van der Waals surface area contributed by atoms with Crippen molar-refractivity contribution in [1.82, 2.24) is 9.74 Å². The highest BCUT2D eigenvalue weighted by atomic mass is 35.5. The number of fused-ring (bicyclic) bond motifs is 2. The van der Waals surface area contributed by atoms with E-state index in [0.29, 0.717) is 65.8 Å². The smallest absolute Gasteiger partial charge is 0.416 e. The molecule has 1 atom stereocenters. The van der Waals surface area contributed by atoms with Crippen molar-refractivity contribution in [2.24, 2.45) is 5.10 Å². The van der Waals surface area contributed by atoms with E-state index in [1.807, 2.05) is 5.01 Å². The number of benzene rings is 2. The summed E-state index contributed by atoms with van der Waals surface area (Å²) >= 11 is 6.10. The summed E-state index contributed by atoms with van der Waals surface area (Å²) in [5.41, 5.74) is 1.16. The number of alkyl halides is 3. The van der Waals surface area contributed by atoms with Gasteiger partial charge in [-0.1, -0.05) is 23.7 Å². The maximum Gasteiger partial charge on any atom is 0.416 e. The van der Waals surface area contributed by atoms with Gasteiger partial charge in [-0.25, -0.2) is 0 Å². The number of ether oxygens (including phenoxy) is 1. The highest BCUT2D eigenvalue weighted by Crippen LogP contribution is 2.36. The Bertz CT molecular complexity index is 1330. The second-order valence-corrected chi connectivity index (χ2v) is 8.90. The number of halogens is 4. The molecule has 2 heterocycles. The average Bonchev–Trinajstić information content (AvgIpc) is 2.82. The lowest BCUT2D eigenvalue weighted by Gasteiger charge is -2.30. The summed E-state index contributed by atoms with van der Waals surface area (Å²) < 4.78 is 45.5. The first-order valence-electron chi connectivity index (χ1n) is 10.9. The van der Waals surface area contributed by atoms with Crippen molar-refractivity contribution in [3.8, 4) is 0 Å². The molecule has 0 spiro atoms. The fourth-order valence-electron chi connectivity index (χ4n) is 4.61. The lowest BCUT2D eigenvalue weighted by Crippen LogP contribution is -2.36. The van der Waals surface area contributed by atoms with Crippen molar-refractivity contribution < 1.29 is 23.1 Å². The molecule has 6 nitrogen and oxygen atoms in total. The summed E-state index contributed by atoms with van der Waals surface area (Å²) in [5, 5.41) is 18.2. The number of morpholine rings is 1. The average molecular weight is 492 g/mol. The Morgan fingerprint density at radius 2 is 1.76 bits per heavy atom. The van der Waals surface area contributed by atoms with Gasteiger partial charge in [-0.2, -0.15) is 23.0 Å². The molecule has 0 amide bonds. The molecule has 1 unspecified atom stereocenters. The quantitative estimate of drug-likeness (QED) is 0.529. The van der Waals surface area contributed by atoms with Crippen LogP contribution in [-0.2, 0) is 17.3 Å². The Balaban J connectivity index is 1.65. The summed E-state index contributed by atoms with van der Waals surface area (Å²) in [6.45, 7) is 2.11. The minimum atomic E-state index is -4.42. The lowest BCUT2D eigenvalue weighted by atomic mass is 9.80. The molecule has 34 heavy (non-hydrogen) atoms. The van der Waals surface area contributed by atoms with Crippen molar-refractivity contribution >= 4 is 28.2 Å². The van der Waals surface area contributed by atoms with Crippen LogP contribution in [0, 0.1) is 0 Å². The van der Waals surface area contributed by atoms with Crippen molar-refractivity contribution in [1.29, 1.82) is 0 Å². The van der Waals surface area contributed by atoms with Crippen LogP contribution in [0.3, 0.4) is 0 Å². The maximum atomic E-state index is 13.5. The van der Waals surface area contributed by atoms with Crippen LogP contribution in [0.2, 0.25) is 5.02 Å². The molecule has 178 valence electrons.